The van der Waals surface area contributed by atoms with Gasteiger partial charge < -0.3 is 31.8 Å². The van der Waals surface area contributed by atoms with Crippen LogP contribution in [0.1, 0.15) is 182 Å². The molecule has 5 nitrogen and oxygen atoms in total. The van der Waals surface area contributed by atoms with Crippen LogP contribution in [0, 0.1) is 0 Å². The molecule has 6 aliphatic carbocycles. The maximum atomic E-state index is 12.8. The quantitative estimate of drug-likeness (QED) is 0.0131. The van der Waals surface area contributed by atoms with Crippen molar-refractivity contribution in [3.63, 3.8) is 0 Å². The number of hydrogen-bond acceptors (Lipinski definition) is 5. The van der Waals surface area contributed by atoms with Crippen molar-refractivity contribution in [1.82, 2.24) is 0 Å². The van der Waals surface area contributed by atoms with Gasteiger partial charge in [0.15, 0.2) is 0 Å². The maximum absolute atomic E-state index is 12.8. The number of benzene rings is 12. The molecule has 20 rings (SSSR count). The summed E-state index contributed by atoms with van der Waals surface area (Å²) in [5.74, 6) is 1.51. The van der Waals surface area contributed by atoms with Crippen molar-refractivity contribution in [1.29, 1.82) is 1.43 Å². The molecule has 2 radical (unpaired) electrons. The molecule has 14 aromatic carbocycles. The van der Waals surface area contributed by atoms with Crippen LogP contribution in [-0.2, 0) is 66.5 Å². The summed E-state index contributed by atoms with van der Waals surface area (Å²) in [4.78, 5) is 24.2. The molecule has 0 aromatic heterocycles. The van der Waals surface area contributed by atoms with Gasteiger partial charge in [0.25, 0.3) is 0 Å². The molecule has 464 valence electrons. The number of rotatable bonds is 23. The Bertz CT molecular complexity index is 5240. The van der Waals surface area contributed by atoms with E-state index in [0.717, 1.165) is 51.4 Å². The van der Waals surface area contributed by atoms with Gasteiger partial charge in [-0.25, -0.2) is 0 Å². The van der Waals surface area contributed by atoms with Crippen molar-refractivity contribution in [3.8, 4) is 0 Å². The van der Waals surface area contributed by atoms with Crippen LogP contribution in [0.25, 0.3) is 118 Å². The fourth-order valence-corrected chi connectivity index (χ4v) is 22.9. The normalized spacial score (nSPS) is 19.3. The average molecular weight is 1250 g/mol. The van der Waals surface area contributed by atoms with Crippen LogP contribution in [0.3, 0.4) is 0 Å². The molecule has 0 aliphatic heterocycles. The number of aliphatic hydroxyl groups is 1. The van der Waals surface area contributed by atoms with E-state index in [9.17, 15) is 26.9 Å². The molecule has 0 bridgehead atoms. The third-order valence-corrected chi connectivity index (χ3v) is 26.0. The lowest BCUT2D eigenvalue weighted by atomic mass is 9.76. The number of carbonyl (C=O) groups is 2. The van der Waals surface area contributed by atoms with Crippen LogP contribution in [0.4, 0.5) is 17.3 Å². The highest BCUT2D eigenvalue weighted by atomic mass is 32.2. The van der Waals surface area contributed by atoms with Crippen molar-refractivity contribution in [3.05, 3.63) is 152 Å². The first kappa shape index (κ1) is 57.5. The lowest BCUT2D eigenvalue weighted by Gasteiger charge is -2.26. The van der Waals surface area contributed by atoms with Gasteiger partial charge >= 0.3 is 19.2 Å². The molecular weight excluding hydrogens is 1170 g/mol. The number of aliphatic hydroxyl groups excluding tert-OH is 1. The monoisotopic (exact) mass is 1250 g/mol. The Morgan fingerprint density at radius 3 is 1.53 bits per heavy atom. The second-order valence-corrected chi connectivity index (χ2v) is 30.4. The minimum absolute atomic E-state index is 0.0139. The zero-order valence-electron chi connectivity index (χ0n) is 54.0. The van der Waals surface area contributed by atoms with Gasteiger partial charge in [-0.3, -0.25) is 9.59 Å². The van der Waals surface area contributed by atoms with Gasteiger partial charge in [0, 0.05) is 41.7 Å². The van der Waals surface area contributed by atoms with Gasteiger partial charge in [-0.2, -0.15) is 0 Å². The zero-order chi connectivity index (χ0) is 63.7. The van der Waals surface area contributed by atoms with E-state index in [4.69, 9.17) is 10.9 Å². The van der Waals surface area contributed by atoms with Crippen LogP contribution < -0.4 is 0 Å². The van der Waals surface area contributed by atoms with Gasteiger partial charge in [-0.15, -0.1) is 0 Å². The number of fused-ring (bicyclic) bond motifs is 1. The third-order valence-electron chi connectivity index (χ3n) is 23.6. The Morgan fingerprint density at radius 1 is 0.565 bits per heavy atom. The summed E-state index contributed by atoms with van der Waals surface area (Å²) in [5.41, 5.74) is 17.0. The summed E-state index contributed by atoms with van der Waals surface area (Å²) in [6.07, 6.45) is 25.4. The van der Waals surface area contributed by atoms with Crippen LogP contribution in [0.2, 0.25) is 0 Å². The Hall–Kier alpha value is -7.14. The standard InChI is InChI=1S/C54H28O2.C25H43O2S.CH3BO.BF4/c1-56-29(55)8-5-9-53(27-6-3-2-4-7-27)52-28-17-25-15-22-11-19-10-20-12-23-13-21-14-24-16-26-18-54(52,53)51-37(26)42-34(24)32(21)41-36(23)40-31(20)30(19)39-33(22)35(25)43-38(28)50(51)49-47(42)46(41)45(40)44(39)48(43)49;1-4-5-6-7-8-9-10-11-12-16-22-28(3)24(20-17-21-25(26)27-2)23-18-14-13-15-19-23;2-1-3;2-1(3,4)5/h2-4,6-7,11-13,16-17,52H,5,8-10,14-15,18H2,1H3;13-15,18-19,24H,4-12,16-17,20-22H2,1-3H3;3H,1H2;/q;+1;;-1/i;;3D;. The minimum atomic E-state index is -6.00. The lowest BCUT2D eigenvalue weighted by molar-refractivity contribution is -0.141. The average Bonchev–Trinajstić information content (AvgIpc) is 1.41. The van der Waals surface area contributed by atoms with E-state index in [2.05, 4.69) is 117 Å². The van der Waals surface area contributed by atoms with E-state index in [1.165, 1.54) is 93.6 Å². The molecule has 5 unspecified atom stereocenters. The fourth-order valence-electron chi connectivity index (χ4n) is 20.8. The Labute approximate surface area is 538 Å². The SMILES string of the molecule is CCCCCCCCCCCC[S+](C)C(CCCC(=O)OC)c1ccccc1.COC(=O)CCCC1(c2ccccc2)C2c3cc4c5c6c(cc7c8c9c(cc%10cc%11c%12c%13c(cc%14c%15c(c%16c3c5c3c%16c(c%15%13)c5c%12c%10c9c5c3c68)C21C%14)C%11)C7)C4.F[B-](F)(F)F.[2H]OC[B]. The van der Waals surface area contributed by atoms with Crippen molar-refractivity contribution in [2.24, 2.45) is 0 Å². The molecular formula is C80H74B2F4O5S. The molecule has 1 fully saturated rings. The molecule has 6 aliphatic rings. The Morgan fingerprint density at radius 2 is 1.00 bits per heavy atom. The number of esters is 2. The number of hydrogen-bond donors (Lipinski definition) is 1. The van der Waals surface area contributed by atoms with Crippen LogP contribution in [0.5, 0.6) is 0 Å². The van der Waals surface area contributed by atoms with E-state index in [0.29, 0.717) is 34.9 Å². The van der Waals surface area contributed by atoms with Crippen molar-refractivity contribution in [2.45, 2.75) is 157 Å². The highest BCUT2D eigenvalue weighted by Gasteiger charge is 2.80. The molecule has 5 atom stereocenters. The number of unbranched alkanes of at least 4 members (excludes halogenated alkanes) is 9. The number of halogens is 4. The minimum Gasteiger partial charge on any atom is -0.469 e. The smallest absolute Gasteiger partial charge is 0.469 e. The number of carbonyl (C=O) groups excluding carboxylic acids is 2. The van der Waals surface area contributed by atoms with Crippen LogP contribution in [-0.4, -0.2) is 66.3 Å². The van der Waals surface area contributed by atoms with E-state index in [1.807, 2.05) is 0 Å². The van der Waals surface area contributed by atoms with Gasteiger partial charge in [-0.05, 0) is 249 Å². The summed E-state index contributed by atoms with van der Waals surface area (Å²) in [5, 5.41) is 39.1. The molecule has 12 heteroatoms. The summed E-state index contributed by atoms with van der Waals surface area (Å²) >= 11 is 0. The van der Waals surface area contributed by atoms with Crippen LogP contribution >= 0.6 is 0 Å². The van der Waals surface area contributed by atoms with Crippen molar-refractivity contribution < 1.29 is 41.4 Å². The topological polar surface area (TPSA) is 72.8 Å². The molecule has 92 heavy (non-hydrogen) atoms. The summed E-state index contributed by atoms with van der Waals surface area (Å²) in [7, 11) is 2.00. The first-order valence-corrected chi connectivity index (χ1v) is 35.9. The molecule has 0 heterocycles. The Kier molecular flexibility index (Phi) is 13.4. The molecule has 0 saturated heterocycles. The van der Waals surface area contributed by atoms with Gasteiger partial charge in [0.2, 0.25) is 1.43 Å². The zero-order valence-corrected chi connectivity index (χ0v) is 53.8. The third kappa shape index (κ3) is 7.86. The van der Waals surface area contributed by atoms with Crippen LogP contribution in [0.15, 0.2) is 91.0 Å². The highest BCUT2D eigenvalue weighted by Crippen LogP contribution is 2.85. The molecule has 1 saturated carbocycles. The summed E-state index contributed by atoms with van der Waals surface area (Å²) in [6, 6.07) is 35.8. The van der Waals surface area contributed by atoms with E-state index < -0.39 is 7.25 Å². The van der Waals surface area contributed by atoms with Gasteiger partial charge in [0.1, 0.15) is 18.8 Å². The summed E-state index contributed by atoms with van der Waals surface area (Å²) in [6.45, 7) is 2.27. The van der Waals surface area contributed by atoms with Crippen molar-refractivity contribution in [2.75, 3.05) is 32.7 Å². The highest BCUT2D eigenvalue weighted by molar-refractivity contribution is 7.96. The second kappa shape index (κ2) is 21.4. The van der Waals surface area contributed by atoms with Gasteiger partial charge in [-0.1, -0.05) is 149 Å². The van der Waals surface area contributed by atoms with E-state index >= 15 is 0 Å². The molecule has 1 spiro atoms. The second-order valence-electron chi connectivity index (χ2n) is 28.0. The predicted molar refractivity (Wildman–Crippen MR) is 376 cm³/mol. The Balaban J connectivity index is 0.000000152. The number of ether oxygens (including phenoxy) is 2. The fraction of sp³-hybridized carbons (Fsp3) is 0.375. The first-order chi connectivity index (χ1) is 45.2. The predicted octanol–water partition coefficient (Wildman–Crippen LogP) is 20.0. The first-order valence-electron chi connectivity index (χ1n) is 34.4. The largest absolute Gasteiger partial charge is 0.673 e. The maximum Gasteiger partial charge on any atom is 0.673 e. The van der Waals surface area contributed by atoms with E-state index in [1.54, 1.807) is 170 Å². The lowest BCUT2D eigenvalue weighted by Crippen LogP contribution is -2.23. The molecule has 14 aromatic rings. The number of methoxy groups -OCH3 is 2. The molecule has 1 N–H and O–H groups in total. The van der Waals surface area contributed by atoms with Gasteiger partial charge in [0.05, 0.1) is 20.5 Å². The van der Waals surface area contributed by atoms with Crippen molar-refractivity contribution >= 4 is 156 Å². The van der Waals surface area contributed by atoms with E-state index in [-0.39, 0.29) is 29.3 Å². The summed E-state index contributed by atoms with van der Waals surface area (Å²) < 4.78 is 54.9. The molecule has 0 amide bonds.